The number of aliphatic hydroxyl groups is 1. The first-order chi connectivity index (χ1) is 11.7. The van der Waals surface area contributed by atoms with Crippen molar-refractivity contribution in [1.82, 2.24) is 5.32 Å². The Morgan fingerprint density at radius 2 is 1.67 bits per heavy atom. The van der Waals surface area contributed by atoms with E-state index in [0.717, 1.165) is 12.8 Å². The number of rotatable bonds is 4. The van der Waals surface area contributed by atoms with Crippen LogP contribution in [0.4, 0.5) is 0 Å². The molecule has 0 spiro atoms. The summed E-state index contributed by atoms with van der Waals surface area (Å²) < 4.78 is 0. The predicted molar refractivity (Wildman–Crippen MR) is 98.3 cm³/mol. The smallest absolute Gasteiger partial charge is 0.131 e. The van der Waals surface area contributed by atoms with Crippen LogP contribution in [-0.4, -0.2) is 10.7 Å². The van der Waals surface area contributed by atoms with Crippen LogP contribution in [0.15, 0.2) is 60.7 Å². The van der Waals surface area contributed by atoms with Gasteiger partial charge < -0.3 is 10.4 Å². The summed E-state index contributed by atoms with van der Waals surface area (Å²) in [7, 11) is 0. The molecule has 24 heavy (non-hydrogen) atoms. The number of piperidine rings is 1. The highest BCUT2D eigenvalue weighted by Gasteiger charge is 2.46. The van der Waals surface area contributed by atoms with Gasteiger partial charge >= 0.3 is 0 Å². The number of benzene rings is 2. The summed E-state index contributed by atoms with van der Waals surface area (Å²) in [6.45, 7) is 2.14. The fraction of sp³-hybridized carbons (Fsp3) is 0.364. The van der Waals surface area contributed by atoms with Crippen LogP contribution >= 0.6 is 0 Å². The topological polar surface area (TPSA) is 32.3 Å². The molecule has 1 fully saturated rings. The molecule has 0 aliphatic carbocycles. The fourth-order valence-corrected chi connectivity index (χ4v) is 3.90. The second kappa shape index (κ2) is 7.21. The molecule has 1 saturated heterocycles. The maximum Gasteiger partial charge on any atom is 0.131 e. The molecule has 3 rings (SSSR count). The first kappa shape index (κ1) is 16.8. The maximum atomic E-state index is 11.3. The minimum atomic E-state index is -1.09. The summed E-state index contributed by atoms with van der Waals surface area (Å²) in [5.41, 5.74) is 1.26. The fourth-order valence-electron chi connectivity index (χ4n) is 3.90. The molecule has 0 aromatic heterocycles. The Hall–Kier alpha value is -2.08. The summed E-state index contributed by atoms with van der Waals surface area (Å²) in [6, 6.07) is 20.7. The maximum absolute atomic E-state index is 11.3. The molecule has 2 heteroatoms. The zero-order chi connectivity index (χ0) is 17.0. The minimum absolute atomic E-state index is 0.00913. The lowest BCUT2D eigenvalue weighted by molar-refractivity contribution is -0.0316. The molecule has 0 radical (unpaired) electrons. The van der Waals surface area contributed by atoms with Crippen molar-refractivity contribution < 1.29 is 5.11 Å². The summed E-state index contributed by atoms with van der Waals surface area (Å²) in [6.07, 6.45) is 8.25. The summed E-state index contributed by atoms with van der Waals surface area (Å²) in [5.74, 6) is 2.74. The number of terminal acetylenes is 1. The molecule has 1 aliphatic rings. The van der Waals surface area contributed by atoms with Crippen molar-refractivity contribution in [2.45, 2.75) is 43.9 Å². The molecule has 2 aromatic rings. The third-order valence-corrected chi connectivity index (χ3v) is 5.12. The van der Waals surface area contributed by atoms with Gasteiger partial charge in [0.1, 0.15) is 5.60 Å². The Morgan fingerprint density at radius 1 is 1.08 bits per heavy atom. The van der Waals surface area contributed by atoms with E-state index in [1.165, 1.54) is 11.1 Å². The van der Waals surface area contributed by atoms with E-state index in [1.807, 2.05) is 36.4 Å². The van der Waals surface area contributed by atoms with Crippen molar-refractivity contribution in [3.8, 4) is 12.3 Å². The van der Waals surface area contributed by atoms with Gasteiger partial charge in [0.25, 0.3) is 0 Å². The number of hydrogen-bond acceptors (Lipinski definition) is 2. The molecular formula is C22H25NO. The van der Waals surface area contributed by atoms with E-state index in [9.17, 15) is 5.11 Å². The third kappa shape index (κ3) is 3.24. The zero-order valence-corrected chi connectivity index (χ0v) is 14.2. The monoisotopic (exact) mass is 319 g/mol. The van der Waals surface area contributed by atoms with E-state index in [2.05, 4.69) is 42.4 Å². The Morgan fingerprint density at radius 3 is 2.21 bits per heavy atom. The molecule has 1 heterocycles. The summed E-state index contributed by atoms with van der Waals surface area (Å²) in [4.78, 5) is 0. The lowest BCUT2D eigenvalue weighted by Crippen LogP contribution is -2.52. The van der Waals surface area contributed by atoms with Crippen molar-refractivity contribution in [2.75, 3.05) is 0 Å². The van der Waals surface area contributed by atoms with Gasteiger partial charge in [0.05, 0.1) is 0 Å². The van der Waals surface area contributed by atoms with E-state index < -0.39 is 5.60 Å². The van der Waals surface area contributed by atoms with E-state index in [4.69, 9.17) is 6.42 Å². The summed E-state index contributed by atoms with van der Waals surface area (Å²) >= 11 is 0. The van der Waals surface area contributed by atoms with Crippen molar-refractivity contribution in [1.29, 1.82) is 0 Å². The normalized spacial score (nSPS) is 29.8. The van der Waals surface area contributed by atoms with E-state index in [1.54, 1.807) is 0 Å². The molecule has 0 unspecified atom stereocenters. The Balaban J connectivity index is 2.00. The molecule has 1 aliphatic heterocycles. The van der Waals surface area contributed by atoms with E-state index in [-0.39, 0.29) is 18.0 Å². The van der Waals surface area contributed by atoms with Crippen LogP contribution in [0.1, 0.15) is 49.4 Å². The van der Waals surface area contributed by atoms with Crippen LogP contribution < -0.4 is 5.32 Å². The van der Waals surface area contributed by atoms with Crippen LogP contribution in [0.5, 0.6) is 0 Å². The van der Waals surface area contributed by atoms with E-state index in [0.29, 0.717) is 6.42 Å². The molecule has 2 aromatic carbocycles. The standard InChI is InChI=1S/C22H25NO/c1-3-11-19-21(18-14-9-6-10-15-18)23-20(16-22(19,24)4-2)17-12-7-5-8-13-17/h2,5-10,12-15,19-21,23-24H,3,11,16H2,1H3/t19-,20-,21-,22+/m1/s1. The van der Waals surface area contributed by atoms with Crippen LogP contribution in [0.3, 0.4) is 0 Å². The van der Waals surface area contributed by atoms with Gasteiger partial charge in [-0.25, -0.2) is 0 Å². The van der Waals surface area contributed by atoms with Gasteiger partial charge in [-0.15, -0.1) is 6.42 Å². The molecule has 0 saturated carbocycles. The minimum Gasteiger partial charge on any atom is -0.377 e. The largest absolute Gasteiger partial charge is 0.377 e. The Bertz CT molecular complexity index is 691. The van der Waals surface area contributed by atoms with Gasteiger partial charge in [0, 0.05) is 24.4 Å². The second-order valence-corrected chi connectivity index (χ2v) is 6.69. The quantitative estimate of drug-likeness (QED) is 0.826. The zero-order valence-electron chi connectivity index (χ0n) is 14.2. The third-order valence-electron chi connectivity index (χ3n) is 5.12. The lowest BCUT2D eigenvalue weighted by atomic mass is 9.69. The number of hydrogen-bond donors (Lipinski definition) is 2. The van der Waals surface area contributed by atoms with Gasteiger partial charge in [-0.1, -0.05) is 79.9 Å². The van der Waals surface area contributed by atoms with Crippen LogP contribution in [0, 0.1) is 18.3 Å². The molecule has 4 atom stereocenters. The Labute approximate surface area is 144 Å². The highest BCUT2D eigenvalue weighted by Crippen LogP contribution is 2.45. The summed E-state index contributed by atoms with van der Waals surface area (Å²) in [5, 5.41) is 15.0. The molecule has 0 amide bonds. The Kier molecular flexibility index (Phi) is 5.04. The van der Waals surface area contributed by atoms with Crippen LogP contribution in [0.2, 0.25) is 0 Å². The molecule has 124 valence electrons. The first-order valence-corrected chi connectivity index (χ1v) is 8.74. The predicted octanol–water partition coefficient (Wildman–Crippen LogP) is 4.24. The average Bonchev–Trinajstić information content (AvgIpc) is 2.65. The molecular weight excluding hydrogens is 294 g/mol. The van der Waals surface area contributed by atoms with Gasteiger partial charge in [-0.2, -0.15) is 0 Å². The SMILES string of the molecule is C#C[C@]1(O)C[C@H](c2ccccc2)N[C@H](c2ccccc2)[C@H]1CCC. The van der Waals surface area contributed by atoms with E-state index >= 15 is 0 Å². The second-order valence-electron chi connectivity index (χ2n) is 6.69. The van der Waals surface area contributed by atoms with Gasteiger partial charge in [0.2, 0.25) is 0 Å². The van der Waals surface area contributed by atoms with Crippen molar-refractivity contribution in [3.63, 3.8) is 0 Å². The average molecular weight is 319 g/mol. The lowest BCUT2D eigenvalue weighted by Gasteiger charge is -2.46. The van der Waals surface area contributed by atoms with Crippen LogP contribution in [0.25, 0.3) is 0 Å². The van der Waals surface area contributed by atoms with Crippen LogP contribution in [-0.2, 0) is 0 Å². The first-order valence-electron chi connectivity index (χ1n) is 8.74. The highest BCUT2D eigenvalue weighted by molar-refractivity contribution is 5.30. The van der Waals surface area contributed by atoms with Gasteiger partial charge in [-0.3, -0.25) is 0 Å². The molecule has 2 nitrogen and oxygen atoms in total. The number of nitrogens with one attached hydrogen (secondary N) is 1. The molecule has 2 N–H and O–H groups in total. The van der Waals surface area contributed by atoms with Gasteiger partial charge in [0.15, 0.2) is 0 Å². The van der Waals surface area contributed by atoms with Gasteiger partial charge in [-0.05, 0) is 17.5 Å². The van der Waals surface area contributed by atoms with Crippen molar-refractivity contribution >= 4 is 0 Å². The molecule has 0 bridgehead atoms. The highest BCUT2D eigenvalue weighted by atomic mass is 16.3. The van der Waals surface area contributed by atoms with Crippen molar-refractivity contribution in [2.24, 2.45) is 5.92 Å². The van der Waals surface area contributed by atoms with Crippen molar-refractivity contribution in [3.05, 3.63) is 71.8 Å².